The van der Waals surface area contributed by atoms with Crippen molar-refractivity contribution in [1.29, 1.82) is 0 Å². The average molecular weight is 337 g/mol. The van der Waals surface area contributed by atoms with E-state index in [0.717, 1.165) is 5.69 Å². The van der Waals surface area contributed by atoms with Crippen molar-refractivity contribution in [2.24, 2.45) is 5.41 Å². The maximum Gasteiger partial charge on any atom is 0.315 e. The van der Waals surface area contributed by atoms with Gasteiger partial charge in [0, 0.05) is 29.8 Å². The maximum atomic E-state index is 11.8. The van der Waals surface area contributed by atoms with Gasteiger partial charge >= 0.3 is 6.03 Å². The smallest absolute Gasteiger partial charge is 0.315 e. The molecule has 0 aromatic carbocycles. The summed E-state index contributed by atoms with van der Waals surface area (Å²) in [5.74, 6) is 0.497. The van der Waals surface area contributed by atoms with Gasteiger partial charge in [-0.05, 0) is 39.7 Å². The molecule has 0 radical (unpaired) electrons. The van der Waals surface area contributed by atoms with Crippen LogP contribution in [0, 0.1) is 12.3 Å². The van der Waals surface area contributed by atoms with Gasteiger partial charge in [-0.1, -0.05) is 6.07 Å². The maximum absolute atomic E-state index is 11.8. The van der Waals surface area contributed by atoms with E-state index < -0.39 is 17.6 Å². The third-order valence-electron chi connectivity index (χ3n) is 4.16. The van der Waals surface area contributed by atoms with Gasteiger partial charge in [0.05, 0.1) is 18.8 Å². The number of rotatable bonds is 6. The molecule has 4 N–H and O–H groups in total. The zero-order chi connectivity index (χ0) is 17.7. The van der Waals surface area contributed by atoms with Crippen LogP contribution in [0.4, 0.5) is 4.79 Å². The minimum Gasteiger partial charge on any atom is -0.477 e. The van der Waals surface area contributed by atoms with E-state index in [0.29, 0.717) is 25.3 Å². The van der Waals surface area contributed by atoms with Gasteiger partial charge in [-0.2, -0.15) is 0 Å². The summed E-state index contributed by atoms with van der Waals surface area (Å²) in [7, 11) is 0. The number of hydrogen-bond donors (Lipinski definition) is 4. The Kier molecular flexibility index (Phi) is 6.01. The molecule has 1 unspecified atom stereocenters. The highest BCUT2D eigenvalue weighted by molar-refractivity contribution is 5.74. The summed E-state index contributed by atoms with van der Waals surface area (Å²) in [6.07, 6.45) is -0.896. The summed E-state index contributed by atoms with van der Waals surface area (Å²) in [5, 5.41) is 25.4. The summed E-state index contributed by atoms with van der Waals surface area (Å²) < 4.78 is 5.78. The molecule has 134 valence electrons. The van der Waals surface area contributed by atoms with Gasteiger partial charge in [0.25, 0.3) is 0 Å². The summed E-state index contributed by atoms with van der Waals surface area (Å²) in [5.41, 5.74) is 0.320. The molecule has 7 heteroatoms. The number of aliphatic hydroxyl groups excluding tert-OH is 2. The molecule has 7 nitrogen and oxygen atoms in total. The molecule has 24 heavy (non-hydrogen) atoms. The van der Waals surface area contributed by atoms with Crippen LogP contribution >= 0.6 is 0 Å². The molecule has 1 aliphatic rings. The van der Waals surface area contributed by atoms with Gasteiger partial charge in [-0.15, -0.1) is 0 Å². The highest BCUT2D eigenvalue weighted by Gasteiger charge is 2.45. The van der Waals surface area contributed by atoms with E-state index in [1.807, 2.05) is 32.9 Å². The van der Waals surface area contributed by atoms with Crippen LogP contribution in [0.25, 0.3) is 0 Å². The van der Waals surface area contributed by atoms with Gasteiger partial charge in [-0.3, -0.25) is 0 Å². The normalized spacial score (nSPS) is 26.4. The second-order valence-electron chi connectivity index (χ2n) is 6.93. The number of urea groups is 1. The number of amides is 2. The Morgan fingerprint density at radius 3 is 2.62 bits per heavy atom. The number of carbonyl (C=O) groups excluding carboxylic acids is 1. The van der Waals surface area contributed by atoms with Crippen LogP contribution in [0.2, 0.25) is 0 Å². The minimum absolute atomic E-state index is 0.0356. The van der Waals surface area contributed by atoms with E-state index in [4.69, 9.17) is 4.74 Å². The van der Waals surface area contributed by atoms with Crippen LogP contribution in [0.1, 0.15) is 32.4 Å². The number of ether oxygens (including phenoxy) is 1. The first-order valence-corrected chi connectivity index (χ1v) is 8.27. The van der Waals surface area contributed by atoms with Gasteiger partial charge in [0.15, 0.2) is 0 Å². The van der Waals surface area contributed by atoms with E-state index >= 15 is 0 Å². The fourth-order valence-corrected chi connectivity index (χ4v) is 2.96. The molecule has 2 amide bonds. The Bertz CT molecular complexity index is 555. The van der Waals surface area contributed by atoms with Crippen molar-refractivity contribution in [2.45, 2.75) is 51.9 Å². The summed E-state index contributed by atoms with van der Waals surface area (Å²) in [6, 6.07) is 5.27. The van der Waals surface area contributed by atoms with Crippen molar-refractivity contribution in [3.05, 3.63) is 23.9 Å². The number of pyridine rings is 1. The van der Waals surface area contributed by atoms with Crippen LogP contribution in [0.5, 0.6) is 5.88 Å². The monoisotopic (exact) mass is 337 g/mol. The minimum atomic E-state index is -0.811. The number of carbonyl (C=O) groups is 1. The summed E-state index contributed by atoms with van der Waals surface area (Å²) in [6.45, 7) is 6.21. The largest absolute Gasteiger partial charge is 0.477 e. The molecular formula is C17H27N3O4. The quantitative estimate of drug-likeness (QED) is 0.619. The van der Waals surface area contributed by atoms with Crippen molar-refractivity contribution in [2.75, 3.05) is 13.2 Å². The number of aromatic nitrogens is 1. The van der Waals surface area contributed by atoms with E-state index in [-0.39, 0.29) is 18.7 Å². The molecule has 0 bridgehead atoms. The zero-order valence-electron chi connectivity index (χ0n) is 14.5. The fraction of sp³-hybridized carbons (Fsp3) is 0.647. The summed E-state index contributed by atoms with van der Waals surface area (Å²) in [4.78, 5) is 16.1. The van der Waals surface area contributed by atoms with E-state index in [1.54, 1.807) is 6.07 Å². The predicted octanol–water partition coefficient (Wildman–Crippen LogP) is 0.978. The molecule has 0 aliphatic heterocycles. The van der Waals surface area contributed by atoms with Crippen molar-refractivity contribution in [1.82, 2.24) is 15.6 Å². The van der Waals surface area contributed by atoms with E-state index in [1.165, 1.54) is 0 Å². The molecule has 3 atom stereocenters. The highest BCUT2D eigenvalue weighted by atomic mass is 16.5. The van der Waals surface area contributed by atoms with Crippen LogP contribution in [-0.4, -0.2) is 52.6 Å². The van der Waals surface area contributed by atoms with Crippen molar-refractivity contribution < 1.29 is 19.7 Å². The lowest BCUT2D eigenvalue weighted by atomic mass is 9.86. The lowest BCUT2D eigenvalue weighted by Crippen LogP contribution is -2.46. The second-order valence-corrected chi connectivity index (χ2v) is 6.93. The molecule has 0 spiro atoms. The SMILES string of the molecule is Cc1cccc(OCC2(CNC(=O)NC(C)C)C[C@@H](O)[C@@H](O)C2)n1. The van der Waals surface area contributed by atoms with Gasteiger partial charge < -0.3 is 25.6 Å². The predicted molar refractivity (Wildman–Crippen MR) is 89.8 cm³/mol. The lowest BCUT2D eigenvalue weighted by molar-refractivity contribution is 0.0438. The van der Waals surface area contributed by atoms with Crippen LogP contribution in [0.3, 0.4) is 0 Å². The first-order valence-electron chi connectivity index (χ1n) is 8.27. The number of hydrogen-bond acceptors (Lipinski definition) is 5. The molecule has 1 aliphatic carbocycles. The number of nitrogens with zero attached hydrogens (tertiary/aromatic N) is 1. The molecule has 1 saturated carbocycles. The zero-order valence-corrected chi connectivity index (χ0v) is 14.5. The standard InChI is InChI=1S/C17H27N3O4/c1-11(2)19-16(23)18-9-17(7-13(21)14(22)8-17)10-24-15-6-4-5-12(3)20-15/h4-6,11,13-14,21-22H,7-10H2,1-3H3,(H2,18,19,23)/t13-,14+,17?. The van der Waals surface area contributed by atoms with Crippen molar-refractivity contribution in [3.8, 4) is 5.88 Å². The molecule has 1 fully saturated rings. The van der Waals surface area contributed by atoms with Crippen molar-refractivity contribution in [3.63, 3.8) is 0 Å². The number of aryl methyl sites for hydroxylation is 1. The Labute approximate surface area is 142 Å². The first-order chi connectivity index (χ1) is 11.3. The molecule has 1 aromatic heterocycles. The Morgan fingerprint density at radius 2 is 2.04 bits per heavy atom. The highest BCUT2D eigenvalue weighted by Crippen LogP contribution is 2.38. The van der Waals surface area contributed by atoms with Gasteiger partial charge in [0.1, 0.15) is 0 Å². The molecule has 0 saturated heterocycles. The molecule has 1 aromatic rings. The Hall–Kier alpha value is -1.86. The lowest BCUT2D eigenvalue weighted by Gasteiger charge is -2.29. The van der Waals surface area contributed by atoms with Crippen molar-refractivity contribution >= 4 is 6.03 Å². The Morgan fingerprint density at radius 1 is 1.38 bits per heavy atom. The van der Waals surface area contributed by atoms with Gasteiger partial charge in [0.2, 0.25) is 5.88 Å². The van der Waals surface area contributed by atoms with Gasteiger partial charge in [-0.25, -0.2) is 9.78 Å². The Balaban J connectivity index is 2.00. The molecule has 2 rings (SSSR count). The fourth-order valence-electron chi connectivity index (χ4n) is 2.96. The molecule has 1 heterocycles. The third-order valence-corrected chi connectivity index (χ3v) is 4.16. The number of aliphatic hydroxyl groups is 2. The third kappa shape index (κ3) is 5.07. The van der Waals surface area contributed by atoms with E-state index in [2.05, 4.69) is 15.6 Å². The van der Waals surface area contributed by atoms with Crippen LogP contribution < -0.4 is 15.4 Å². The van der Waals surface area contributed by atoms with Crippen LogP contribution in [-0.2, 0) is 0 Å². The summed E-state index contributed by atoms with van der Waals surface area (Å²) >= 11 is 0. The average Bonchev–Trinajstić information content (AvgIpc) is 2.78. The van der Waals surface area contributed by atoms with E-state index in [9.17, 15) is 15.0 Å². The molecular weight excluding hydrogens is 310 g/mol. The number of nitrogens with one attached hydrogen (secondary N) is 2. The topological polar surface area (TPSA) is 104 Å². The van der Waals surface area contributed by atoms with Crippen LogP contribution in [0.15, 0.2) is 18.2 Å². The first kappa shape index (κ1) is 18.5. The second kappa shape index (κ2) is 7.81.